The van der Waals surface area contributed by atoms with E-state index in [0.29, 0.717) is 0 Å². The van der Waals surface area contributed by atoms with Crippen LogP contribution in [0.3, 0.4) is 0 Å². The molecule has 1 heterocycles. The molecule has 2 amide bonds. The van der Waals surface area contributed by atoms with Crippen molar-refractivity contribution in [2.75, 3.05) is 20.1 Å². The minimum absolute atomic E-state index is 0.0968. The van der Waals surface area contributed by atoms with Crippen LogP contribution in [0.1, 0.15) is 20.8 Å². The van der Waals surface area contributed by atoms with Crippen molar-refractivity contribution in [3.8, 4) is 0 Å². The predicted molar refractivity (Wildman–Crippen MR) is 59.4 cm³/mol. The zero-order valence-corrected chi connectivity index (χ0v) is 10.9. The van der Waals surface area contributed by atoms with Gasteiger partial charge in [0.1, 0.15) is 12.1 Å². The quantitative estimate of drug-likeness (QED) is 0.589. The third-order valence-corrected chi connectivity index (χ3v) is 2.45. The molecule has 1 aliphatic rings. The van der Waals surface area contributed by atoms with Crippen LogP contribution in [0.5, 0.6) is 0 Å². The van der Waals surface area contributed by atoms with E-state index in [2.05, 4.69) is 0 Å². The Morgan fingerprint density at radius 1 is 1.39 bits per heavy atom. The summed E-state index contributed by atoms with van der Waals surface area (Å²) >= 11 is 0. The Morgan fingerprint density at radius 2 is 1.94 bits per heavy atom. The summed E-state index contributed by atoms with van der Waals surface area (Å²) in [5.74, 6) is -1.74. The second-order valence-corrected chi connectivity index (χ2v) is 5.22. The van der Waals surface area contributed by atoms with Gasteiger partial charge in [0, 0.05) is 13.6 Å². The number of ether oxygens (including phenoxy) is 1. The molecule has 0 aromatic carbocycles. The second-order valence-electron chi connectivity index (χ2n) is 5.22. The summed E-state index contributed by atoms with van der Waals surface area (Å²) in [4.78, 5) is 36.5. The molecule has 7 heteroatoms. The molecule has 102 valence electrons. The maximum absolute atomic E-state index is 11.8. The first-order valence-corrected chi connectivity index (χ1v) is 5.56. The van der Waals surface area contributed by atoms with Gasteiger partial charge in [-0.05, 0) is 20.8 Å². The Balaban J connectivity index is 2.86. The summed E-state index contributed by atoms with van der Waals surface area (Å²) in [6, 6.07) is -1.18. The van der Waals surface area contributed by atoms with E-state index in [4.69, 9.17) is 4.74 Å². The number of likely N-dealkylation sites (N-methyl/N-ethyl adjacent to an activating group) is 1. The molecule has 0 aromatic heterocycles. The van der Waals surface area contributed by atoms with Gasteiger partial charge in [-0.3, -0.25) is 9.69 Å². The predicted octanol–water partition coefficient (Wildman–Crippen LogP) is -1.19. The van der Waals surface area contributed by atoms with Crippen LogP contribution >= 0.6 is 0 Å². The van der Waals surface area contributed by atoms with Crippen molar-refractivity contribution in [2.45, 2.75) is 32.4 Å². The molecular weight excluding hydrogens is 240 g/mol. The molecule has 0 aliphatic carbocycles. The number of hydrogen-bond acceptors (Lipinski definition) is 5. The molecular formula is C11H17N2O5-. The molecule has 1 saturated heterocycles. The first kappa shape index (κ1) is 14.3. The average molecular weight is 257 g/mol. The lowest BCUT2D eigenvalue weighted by Gasteiger charge is -2.40. The monoisotopic (exact) mass is 257 g/mol. The second kappa shape index (κ2) is 4.83. The van der Waals surface area contributed by atoms with Gasteiger partial charge in [0.2, 0.25) is 5.91 Å². The van der Waals surface area contributed by atoms with Crippen LogP contribution in [0.25, 0.3) is 0 Å². The maximum Gasteiger partial charge on any atom is 0.411 e. The van der Waals surface area contributed by atoms with Crippen molar-refractivity contribution in [3.05, 3.63) is 0 Å². The zero-order valence-electron chi connectivity index (χ0n) is 10.9. The van der Waals surface area contributed by atoms with Crippen LogP contribution in [-0.4, -0.2) is 59.5 Å². The number of nitrogens with zero attached hydrogens (tertiary/aromatic N) is 2. The maximum atomic E-state index is 11.8. The van der Waals surface area contributed by atoms with E-state index in [1.54, 1.807) is 20.8 Å². The van der Waals surface area contributed by atoms with Crippen LogP contribution in [0.2, 0.25) is 0 Å². The Kier molecular flexibility index (Phi) is 3.83. The first-order chi connectivity index (χ1) is 8.11. The van der Waals surface area contributed by atoms with Crippen molar-refractivity contribution >= 4 is 18.0 Å². The van der Waals surface area contributed by atoms with Gasteiger partial charge in [0.15, 0.2) is 0 Å². The number of aliphatic carboxylic acids is 1. The van der Waals surface area contributed by atoms with Crippen LogP contribution in [0.15, 0.2) is 0 Å². The van der Waals surface area contributed by atoms with Crippen LogP contribution in [0.4, 0.5) is 4.79 Å². The van der Waals surface area contributed by atoms with Crippen molar-refractivity contribution < 1.29 is 24.2 Å². The van der Waals surface area contributed by atoms with E-state index >= 15 is 0 Å². The summed E-state index contributed by atoms with van der Waals surface area (Å²) in [6.07, 6.45) is -0.821. The zero-order chi connectivity index (χ0) is 14.1. The van der Waals surface area contributed by atoms with E-state index in [0.717, 1.165) is 4.90 Å². The Labute approximate surface area is 105 Å². The van der Waals surface area contributed by atoms with E-state index in [1.807, 2.05) is 0 Å². The molecule has 1 unspecified atom stereocenters. The van der Waals surface area contributed by atoms with Gasteiger partial charge < -0.3 is 19.5 Å². The molecule has 0 radical (unpaired) electrons. The molecule has 0 N–H and O–H groups in total. The third kappa shape index (κ3) is 3.35. The van der Waals surface area contributed by atoms with E-state index < -0.39 is 23.7 Å². The highest BCUT2D eigenvalue weighted by Gasteiger charge is 2.36. The van der Waals surface area contributed by atoms with Crippen molar-refractivity contribution in [3.63, 3.8) is 0 Å². The molecule has 1 rings (SSSR count). The van der Waals surface area contributed by atoms with Crippen molar-refractivity contribution in [1.29, 1.82) is 0 Å². The molecule has 0 spiro atoms. The number of amides is 2. The number of piperazine rings is 1. The summed E-state index contributed by atoms with van der Waals surface area (Å²) in [6.45, 7) is 4.58. The van der Waals surface area contributed by atoms with Gasteiger partial charge in [-0.2, -0.15) is 0 Å². The fourth-order valence-corrected chi connectivity index (χ4v) is 1.55. The number of carbonyl (C=O) groups is 3. The van der Waals surface area contributed by atoms with Gasteiger partial charge in [-0.1, -0.05) is 0 Å². The number of carbonyl (C=O) groups excluding carboxylic acids is 3. The van der Waals surface area contributed by atoms with Gasteiger partial charge in [-0.15, -0.1) is 0 Å². The Hall–Kier alpha value is -1.79. The number of hydrogen-bond donors (Lipinski definition) is 0. The molecule has 0 aromatic rings. The summed E-state index contributed by atoms with van der Waals surface area (Å²) in [5, 5.41) is 11.0. The number of carboxylic acid groups (broad SMARTS) is 1. The highest BCUT2D eigenvalue weighted by atomic mass is 16.6. The largest absolute Gasteiger partial charge is 0.548 e. The topological polar surface area (TPSA) is 90.0 Å². The summed E-state index contributed by atoms with van der Waals surface area (Å²) < 4.78 is 5.07. The van der Waals surface area contributed by atoms with E-state index in [-0.39, 0.29) is 19.0 Å². The van der Waals surface area contributed by atoms with Crippen LogP contribution < -0.4 is 5.11 Å². The van der Waals surface area contributed by atoms with E-state index in [1.165, 1.54) is 11.9 Å². The highest BCUT2D eigenvalue weighted by molar-refractivity contribution is 5.88. The van der Waals surface area contributed by atoms with Crippen LogP contribution in [-0.2, 0) is 14.3 Å². The standard InChI is InChI=1S/C11H18N2O5/c1-11(2,3)18-10(17)13-6-8(14)12(4)5-7(13)9(15)16/h7H,5-6H2,1-4H3,(H,15,16)/p-1. The normalized spacial score (nSPS) is 20.9. The smallest absolute Gasteiger partial charge is 0.411 e. The lowest BCUT2D eigenvalue weighted by molar-refractivity contribution is -0.311. The van der Waals surface area contributed by atoms with Gasteiger partial charge in [0.05, 0.1) is 12.0 Å². The number of carboxylic acids is 1. The SMILES string of the molecule is CN1CC(C(=O)[O-])N(C(=O)OC(C)(C)C)CC1=O. The summed E-state index contributed by atoms with van der Waals surface area (Å²) in [5.41, 5.74) is -0.750. The molecule has 7 nitrogen and oxygen atoms in total. The first-order valence-electron chi connectivity index (χ1n) is 5.56. The third-order valence-electron chi connectivity index (χ3n) is 2.45. The molecule has 1 aliphatic heterocycles. The lowest BCUT2D eigenvalue weighted by Crippen LogP contribution is -2.63. The van der Waals surface area contributed by atoms with E-state index in [9.17, 15) is 19.5 Å². The fraction of sp³-hybridized carbons (Fsp3) is 0.727. The van der Waals surface area contributed by atoms with Crippen molar-refractivity contribution in [2.24, 2.45) is 0 Å². The van der Waals surface area contributed by atoms with Gasteiger partial charge in [0.25, 0.3) is 0 Å². The average Bonchev–Trinajstić information content (AvgIpc) is 2.18. The van der Waals surface area contributed by atoms with Crippen LogP contribution in [0, 0.1) is 0 Å². The minimum Gasteiger partial charge on any atom is -0.548 e. The van der Waals surface area contributed by atoms with Crippen molar-refractivity contribution in [1.82, 2.24) is 9.80 Å². The minimum atomic E-state index is -1.40. The number of rotatable bonds is 1. The molecule has 0 bridgehead atoms. The molecule has 1 fully saturated rings. The fourth-order valence-electron chi connectivity index (χ4n) is 1.55. The van der Waals surface area contributed by atoms with Gasteiger partial charge in [-0.25, -0.2) is 4.79 Å². The Morgan fingerprint density at radius 3 is 2.39 bits per heavy atom. The summed E-state index contributed by atoms with van der Waals surface area (Å²) in [7, 11) is 1.48. The molecule has 0 saturated carbocycles. The Bertz CT molecular complexity index is 374. The molecule has 18 heavy (non-hydrogen) atoms. The van der Waals surface area contributed by atoms with Gasteiger partial charge >= 0.3 is 6.09 Å². The highest BCUT2D eigenvalue weighted by Crippen LogP contribution is 2.15. The molecule has 1 atom stereocenters. The lowest BCUT2D eigenvalue weighted by atomic mass is 10.1.